The number of aromatic nitrogens is 3. The Hall–Kier alpha value is -2.64. The molecule has 3 rings (SSSR count). The van der Waals surface area contributed by atoms with Crippen molar-refractivity contribution in [3.05, 3.63) is 77.2 Å². The highest BCUT2D eigenvalue weighted by molar-refractivity contribution is 8.00. The van der Waals surface area contributed by atoms with Gasteiger partial charge in [-0.3, -0.25) is 9.78 Å². The van der Waals surface area contributed by atoms with E-state index in [1.54, 1.807) is 19.2 Å². The monoisotopic (exact) mass is 428 g/mol. The Morgan fingerprint density at radius 1 is 1.21 bits per heavy atom. The Labute approximate surface area is 179 Å². The third-order valence-electron chi connectivity index (χ3n) is 3.94. The van der Waals surface area contributed by atoms with Gasteiger partial charge in [-0.25, -0.2) is 9.97 Å². The number of hydrogen-bond acceptors (Lipinski definition) is 7. The molecule has 29 heavy (non-hydrogen) atoms. The van der Waals surface area contributed by atoms with E-state index >= 15 is 0 Å². The minimum absolute atomic E-state index is 0.306. The molecule has 0 amide bonds. The number of benzene rings is 1. The summed E-state index contributed by atoms with van der Waals surface area (Å²) in [6.45, 7) is 2.76. The number of anilines is 1. The molecule has 0 aliphatic rings. The second-order valence-electron chi connectivity index (χ2n) is 6.06. The summed E-state index contributed by atoms with van der Waals surface area (Å²) < 4.78 is 5.24. The van der Waals surface area contributed by atoms with Gasteiger partial charge in [-0.2, -0.15) is 0 Å². The lowest BCUT2D eigenvalue weighted by atomic mass is 10.1. The average molecular weight is 429 g/mol. The zero-order valence-electron chi connectivity index (χ0n) is 15.9. The molecule has 0 saturated carbocycles. The van der Waals surface area contributed by atoms with Crippen LogP contribution in [0.1, 0.15) is 23.3 Å². The highest BCUT2D eigenvalue weighted by atomic mass is 35.5. The first-order valence-corrected chi connectivity index (χ1v) is 10.5. The molecule has 1 atom stereocenters. The minimum atomic E-state index is -0.571. The summed E-state index contributed by atoms with van der Waals surface area (Å²) in [4.78, 5) is 25.4. The van der Waals surface area contributed by atoms with Gasteiger partial charge in [0.15, 0.2) is 5.16 Å². The van der Waals surface area contributed by atoms with Crippen LogP contribution < -0.4 is 5.32 Å². The van der Waals surface area contributed by atoms with Gasteiger partial charge in [0.05, 0.1) is 6.61 Å². The number of hydrogen-bond donors (Lipinski definition) is 1. The summed E-state index contributed by atoms with van der Waals surface area (Å²) >= 11 is 7.40. The van der Waals surface area contributed by atoms with Crippen molar-refractivity contribution < 1.29 is 9.53 Å². The Kier molecular flexibility index (Phi) is 7.84. The summed E-state index contributed by atoms with van der Waals surface area (Å²) in [5.74, 6) is 0.269. The van der Waals surface area contributed by atoms with Crippen molar-refractivity contribution in [2.75, 3.05) is 18.5 Å². The zero-order valence-corrected chi connectivity index (χ0v) is 17.5. The Bertz CT molecular complexity index is 928. The zero-order chi connectivity index (χ0) is 20.5. The molecule has 0 bridgehead atoms. The number of rotatable bonds is 9. The standard InChI is InChI=1S/C21H21ClN4O2S/c1-2-28-20(27)19(16-8-4-3-5-9-16)29-21-25-17(22)13-18(26-21)24-12-10-15-7-6-11-23-14-15/h3-9,11,13-14,19H,2,10,12H2,1H3,(H,24,25,26). The fourth-order valence-corrected chi connectivity index (χ4v) is 3.83. The molecular weight excluding hydrogens is 408 g/mol. The minimum Gasteiger partial charge on any atom is -0.465 e. The van der Waals surface area contributed by atoms with Gasteiger partial charge < -0.3 is 10.1 Å². The van der Waals surface area contributed by atoms with Crippen molar-refractivity contribution in [2.24, 2.45) is 0 Å². The van der Waals surface area contributed by atoms with Crippen LogP contribution in [-0.2, 0) is 16.0 Å². The Balaban J connectivity index is 1.72. The van der Waals surface area contributed by atoms with Crippen LogP contribution in [0.15, 0.2) is 66.1 Å². The average Bonchev–Trinajstić information content (AvgIpc) is 2.73. The first-order chi connectivity index (χ1) is 14.2. The van der Waals surface area contributed by atoms with E-state index in [1.807, 2.05) is 48.7 Å². The summed E-state index contributed by atoms with van der Waals surface area (Å²) in [5, 5.41) is 3.39. The van der Waals surface area contributed by atoms with Gasteiger partial charge in [0.2, 0.25) is 0 Å². The predicted octanol–water partition coefficient (Wildman–Crippen LogP) is 4.58. The van der Waals surface area contributed by atoms with Crippen molar-refractivity contribution in [1.82, 2.24) is 15.0 Å². The van der Waals surface area contributed by atoms with E-state index < -0.39 is 5.25 Å². The predicted molar refractivity (Wildman–Crippen MR) is 115 cm³/mol. The number of esters is 1. The highest BCUT2D eigenvalue weighted by Gasteiger charge is 2.25. The Morgan fingerprint density at radius 2 is 2.03 bits per heavy atom. The molecule has 0 aliphatic carbocycles. The third-order valence-corrected chi connectivity index (χ3v) is 5.23. The molecule has 1 aromatic carbocycles. The molecule has 2 aromatic heterocycles. The molecule has 2 heterocycles. The Morgan fingerprint density at radius 3 is 2.76 bits per heavy atom. The SMILES string of the molecule is CCOC(=O)C(Sc1nc(Cl)cc(NCCc2cccnc2)n1)c1ccccc1. The maximum Gasteiger partial charge on any atom is 0.324 e. The van der Waals surface area contributed by atoms with Gasteiger partial charge in [0.1, 0.15) is 16.2 Å². The fraction of sp³-hybridized carbons (Fsp3) is 0.238. The number of carbonyl (C=O) groups is 1. The lowest BCUT2D eigenvalue weighted by molar-refractivity contribution is -0.142. The largest absolute Gasteiger partial charge is 0.465 e. The van der Waals surface area contributed by atoms with Crippen LogP contribution in [0.25, 0.3) is 0 Å². The summed E-state index contributed by atoms with van der Waals surface area (Å²) in [6, 6.07) is 15.0. The smallest absolute Gasteiger partial charge is 0.324 e. The lowest BCUT2D eigenvalue weighted by Crippen LogP contribution is -2.14. The molecular formula is C21H21ClN4O2S. The van der Waals surface area contributed by atoms with Crippen molar-refractivity contribution in [2.45, 2.75) is 23.8 Å². The van der Waals surface area contributed by atoms with Gasteiger partial charge in [0, 0.05) is 25.0 Å². The van der Waals surface area contributed by atoms with Gasteiger partial charge in [0.25, 0.3) is 0 Å². The number of thioether (sulfide) groups is 1. The number of nitrogens with zero attached hydrogens (tertiary/aromatic N) is 3. The second-order valence-corrected chi connectivity index (χ2v) is 7.52. The van der Waals surface area contributed by atoms with E-state index in [-0.39, 0.29) is 5.97 Å². The summed E-state index contributed by atoms with van der Waals surface area (Å²) in [5.41, 5.74) is 1.95. The molecule has 6 nitrogen and oxygen atoms in total. The first-order valence-electron chi connectivity index (χ1n) is 9.21. The number of ether oxygens (including phenoxy) is 1. The number of halogens is 1. The molecule has 0 radical (unpaired) electrons. The van der Waals surface area contributed by atoms with Gasteiger partial charge in [-0.05, 0) is 30.5 Å². The van der Waals surface area contributed by atoms with Crippen LogP contribution >= 0.6 is 23.4 Å². The van der Waals surface area contributed by atoms with E-state index in [0.29, 0.717) is 29.3 Å². The van der Waals surface area contributed by atoms with Crippen molar-refractivity contribution >= 4 is 35.1 Å². The summed E-state index contributed by atoms with van der Waals surface area (Å²) in [6.07, 6.45) is 4.38. The molecule has 0 saturated heterocycles. The maximum atomic E-state index is 12.5. The molecule has 1 unspecified atom stereocenters. The van der Waals surface area contributed by atoms with E-state index in [0.717, 1.165) is 17.5 Å². The molecule has 3 aromatic rings. The van der Waals surface area contributed by atoms with E-state index in [1.165, 1.54) is 11.8 Å². The van der Waals surface area contributed by atoms with Gasteiger partial charge in [-0.1, -0.05) is 59.8 Å². The van der Waals surface area contributed by atoms with Crippen molar-refractivity contribution in [1.29, 1.82) is 0 Å². The lowest BCUT2D eigenvalue weighted by Gasteiger charge is -2.15. The van der Waals surface area contributed by atoms with Crippen molar-refractivity contribution in [3.63, 3.8) is 0 Å². The quantitative estimate of drug-likeness (QED) is 0.231. The molecule has 0 fully saturated rings. The second kappa shape index (κ2) is 10.8. The maximum absolute atomic E-state index is 12.5. The van der Waals surface area contributed by atoms with Gasteiger partial charge in [-0.15, -0.1) is 0 Å². The van der Waals surface area contributed by atoms with E-state index in [9.17, 15) is 4.79 Å². The highest BCUT2D eigenvalue weighted by Crippen LogP contribution is 2.35. The normalized spacial score (nSPS) is 11.7. The van der Waals surface area contributed by atoms with Crippen LogP contribution in [0.3, 0.4) is 0 Å². The number of nitrogens with one attached hydrogen (secondary N) is 1. The third kappa shape index (κ3) is 6.44. The van der Waals surface area contributed by atoms with Gasteiger partial charge >= 0.3 is 5.97 Å². The van der Waals surface area contributed by atoms with Crippen LogP contribution in [0.5, 0.6) is 0 Å². The number of pyridine rings is 1. The molecule has 8 heteroatoms. The first kappa shape index (κ1) is 21.1. The van der Waals surface area contributed by atoms with Crippen LogP contribution in [-0.4, -0.2) is 34.1 Å². The topological polar surface area (TPSA) is 77.0 Å². The molecule has 1 N–H and O–H groups in total. The molecule has 150 valence electrons. The van der Waals surface area contributed by atoms with E-state index in [2.05, 4.69) is 20.3 Å². The summed E-state index contributed by atoms with van der Waals surface area (Å²) in [7, 11) is 0. The van der Waals surface area contributed by atoms with Crippen molar-refractivity contribution in [3.8, 4) is 0 Å². The molecule has 0 spiro atoms. The van der Waals surface area contributed by atoms with E-state index in [4.69, 9.17) is 16.3 Å². The van der Waals surface area contributed by atoms with Crippen LogP contribution in [0.2, 0.25) is 5.15 Å². The van der Waals surface area contributed by atoms with Crippen LogP contribution in [0.4, 0.5) is 5.82 Å². The number of carbonyl (C=O) groups excluding carboxylic acids is 1. The van der Waals surface area contributed by atoms with Crippen LogP contribution in [0, 0.1) is 0 Å². The molecule has 0 aliphatic heterocycles. The fourth-order valence-electron chi connectivity index (χ4n) is 2.62.